The van der Waals surface area contributed by atoms with E-state index < -0.39 is 5.92 Å². The topological polar surface area (TPSA) is 76.7 Å². The molecule has 6 heteroatoms. The quantitative estimate of drug-likeness (QED) is 0.712. The lowest BCUT2D eigenvalue weighted by molar-refractivity contribution is -0.147. The number of hydrogen-bond acceptors (Lipinski definition) is 4. The number of nitrogens with one attached hydrogen (secondary N) is 2. The molecule has 0 aliphatic heterocycles. The normalized spacial score (nSPS) is 11.3. The molecule has 138 valence electrons. The van der Waals surface area contributed by atoms with Gasteiger partial charge in [-0.2, -0.15) is 0 Å². The van der Waals surface area contributed by atoms with E-state index in [9.17, 15) is 9.59 Å². The summed E-state index contributed by atoms with van der Waals surface area (Å²) in [7, 11) is 1.56. The molecule has 6 nitrogen and oxygen atoms in total. The standard InChI is InChI=1S/C20H24N2O4/c1-3-26-19(23)16(12-15-8-5-4-6-9-15)14-21-20(24)22-17-10-7-11-18(13-17)25-2/h4-11,13,16H,3,12,14H2,1-2H3,(H2,21,22,24). The van der Waals surface area contributed by atoms with Crippen molar-refractivity contribution in [1.29, 1.82) is 0 Å². The van der Waals surface area contributed by atoms with Crippen LogP contribution < -0.4 is 15.4 Å². The number of methoxy groups -OCH3 is 1. The highest BCUT2D eigenvalue weighted by Gasteiger charge is 2.21. The molecule has 0 aliphatic carbocycles. The zero-order valence-corrected chi connectivity index (χ0v) is 15.0. The van der Waals surface area contributed by atoms with Gasteiger partial charge in [0.1, 0.15) is 5.75 Å². The van der Waals surface area contributed by atoms with Crippen molar-refractivity contribution in [2.45, 2.75) is 13.3 Å². The molecule has 0 fully saturated rings. The number of amides is 2. The second-order valence-electron chi connectivity index (χ2n) is 5.71. The average Bonchev–Trinajstić information content (AvgIpc) is 2.66. The highest BCUT2D eigenvalue weighted by Crippen LogP contribution is 2.16. The van der Waals surface area contributed by atoms with Gasteiger partial charge in [-0.25, -0.2) is 4.79 Å². The fourth-order valence-corrected chi connectivity index (χ4v) is 2.49. The Morgan fingerprint density at radius 3 is 2.54 bits per heavy atom. The molecule has 0 heterocycles. The number of esters is 1. The first-order chi connectivity index (χ1) is 12.6. The Hall–Kier alpha value is -3.02. The molecule has 0 bridgehead atoms. The fourth-order valence-electron chi connectivity index (χ4n) is 2.49. The third-order valence-corrected chi connectivity index (χ3v) is 3.78. The van der Waals surface area contributed by atoms with E-state index in [2.05, 4.69) is 10.6 Å². The van der Waals surface area contributed by atoms with Crippen molar-refractivity contribution >= 4 is 17.7 Å². The van der Waals surface area contributed by atoms with Crippen LogP contribution in [0.1, 0.15) is 12.5 Å². The molecule has 2 amide bonds. The van der Waals surface area contributed by atoms with Crippen LogP contribution >= 0.6 is 0 Å². The number of urea groups is 1. The number of ether oxygens (including phenoxy) is 2. The largest absolute Gasteiger partial charge is 0.497 e. The Labute approximate surface area is 153 Å². The molecule has 1 atom stereocenters. The fraction of sp³-hybridized carbons (Fsp3) is 0.300. The molecule has 0 radical (unpaired) electrons. The molecule has 0 saturated carbocycles. The summed E-state index contributed by atoms with van der Waals surface area (Å²) in [6.45, 7) is 2.25. The molecule has 0 aliphatic rings. The Morgan fingerprint density at radius 2 is 1.85 bits per heavy atom. The highest BCUT2D eigenvalue weighted by molar-refractivity contribution is 5.89. The van der Waals surface area contributed by atoms with Crippen LogP contribution in [-0.2, 0) is 16.0 Å². The predicted octanol–water partition coefficient (Wildman–Crippen LogP) is 3.24. The predicted molar refractivity (Wildman–Crippen MR) is 100 cm³/mol. The number of rotatable bonds is 8. The summed E-state index contributed by atoms with van der Waals surface area (Å²) < 4.78 is 10.3. The molecule has 2 rings (SSSR count). The van der Waals surface area contributed by atoms with Crippen LogP contribution in [0.25, 0.3) is 0 Å². The molecule has 0 aromatic heterocycles. The van der Waals surface area contributed by atoms with Crippen molar-refractivity contribution in [1.82, 2.24) is 5.32 Å². The van der Waals surface area contributed by atoms with Crippen LogP contribution in [-0.4, -0.2) is 32.3 Å². The molecule has 2 N–H and O–H groups in total. The van der Waals surface area contributed by atoms with Gasteiger partial charge in [0.15, 0.2) is 0 Å². The summed E-state index contributed by atoms with van der Waals surface area (Å²) in [6.07, 6.45) is 0.499. The third-order valence-electron chi connectivity index (χ3n) is 3.78. The average molecular weight is 356 g/mol. The molecule has 1 unspecified atom stereocenters. The Balaban J connectivity index is 1.94. The lowest BCUT2D eigenvalue weighted by Crippen LogP contribution is -2.37. The van der Waals surface area contributed by atoms with Crippen molar-refractivity contribution in [2.75, 3.05) is 25.6 Å². The second-order valence-corrected chi connectivity index (χ2v) is 5.71. The van der Waals surface area contributed by atoms with Gasteiger partial charge in [-0.15, -0.1) is 0 Å². The lowest BCUT2D eigenvalue weighted by Gasteiger charge is -2.17. The van der Waals surface area contributed by atoms with Gasteiger partial charge >= 0.3 is 12.0 Å². The van der Waals surface area contributed by atoms with Crippen molar-refractivity contribution < 1.29 is 19.1 Å². The highest BCUT2D eigenvalue weighted by atomic mass is 16.5. The van der Waals surface area contributed by atoms with Gasteiger partial charge in [-0.05, 0) is 31.0 Å². The minimum Gasteiger partial charge on any atom is -0.497 e. The molecular weight excluding hydrogens is 332 g/mol. The Kier molecular flexibility index (Phi) is 7.49. The van der Waals surface area contributed by atoms with E-state index in [0.717, 1.165) is 5.56 Å². The Bertz CT molecular complexity index is 719. The summed E-state index contributed by atoms with van der Waals surface area (Å²) in [5, 5.41) is 5.46. The van der Waals surface area contributed by atoms with E-state index in [4.69, 9.17) is 9.47 Å². The van der Waals surface area contributed by atoms with Crippen LogP contribution in [0.3, 0.4) is 0 Å². The van der Waals surface area contributed by atoms with E-state index in [1.54, 1.807) is 38.3 Å². The van der Waals surface area contributed by atoms with Gasteiger partial charge in [-0.3, -0.25) is 4.79 Å². The van der Waals surface area contributed by atoms with Gasteiger partial charge in [0.2, 0.25) is 0 Å². The van der Waals surface area contributed by atoms with Gasteiger partial charge < -0.3 is 20.1 Å². The summed E-state index contributed by atoms with van der Waals surface area (Å²) in [5.41, 5.74) is 1.62. The summed E-state index contributed by atoms with van der Waals surface area (Å²) >= 11 is 0. The maximum absolute atomic E-state index is 12.2. The third kappa shape index (κ3) is 6.12. The number of hydrogen-bond donors (Lipinski definition) is 2. The molecule has 0 spiro atoms. The Morgan fingerprint density at radius 1 is 1.08 bits per heavy atom. The van der Waals surface area contributed by atoms with Gasteiger partial charge in [0, 0.05) is 18.3 Å². The van der Waals surface area contributed by atoms with E-state index in [1.807, 2.05) is 30.3 Å². The van der Waals surface area contributed by atoms with E-state index in [0.29, 0.717) is 24.5 Å². The van der Waals surface area contributed by atoms with Gasteiger partial charge in [0.25, 0.3) is 0 Å². The summed E-state index contributed by atoms with van der Waals surface area (Å²) in [5.74, 6) is -0.122. The first-order valence-corrected chi connectivity index (χ1v) is 8.51. The van der Waals surface area contributed by atoms with Crippen LogP contribution in [0, 0.1) is 5.92 Å². The van der Waals surface area contributed by atoms with Crippen LogP contribution in [0.4, 0.5) is 10.5 Å². The number of anilines is 1. The molecular formula is C20H24N2O4. The first kappa shape index (κ1) is 19.3. The number of carbonyl (C=O) groups is 2. The van der Waals surface area contributed by atoms with Crippen molar-refractivity contribution in [2.24, 2.45) is 5.92 Å². The zero-order valence-electron chi connectivity index (χ0n) is 15.0. The molecule has 2 aromatic carbocycles. The number of benzene rings is 2. The summed E-state index contributed by atoms with van der Waals surface area (Å²) in [4.78, 5) is 24.3. The maximum Gasteiger partial charge on any atom is 0.319 e. The molecule has 26 heavy (non-hydrogen) atoms. The van der Waals surface area contributed by atoms with Gasteiger partial charge in [0.05, 0.1) is 19.6 Å². The SMILES string of the molecule is CCOC(=O)C(CNC(=O)Nc1cccc(OC)c1)Cc1ccccc1. The molecule has 0 saturated heterocycles. The molecule has 2 aromatic rings. The van der Waals surface area contributed by atoms with Crippen LogP contribution in [0.15, 0.2) is 54.6 Å². The van der Waals surface area contributed by atoms with E-state index in [-0.39, 0.29) is 18.5 Å². The van der Waals surface area contributed by atoms with E-state index in [1.165, 1.54) is 0 Å². The van der Waals surface area contributed by atoms with E-state index >= 15 is 0 Å². The van der Waals surface area contributed by atoms with Crippen LogP contribution in [0.2, 0.25) is 0 Å². The smallest absolute Gasteiger partial charge is 0.319 e. The zero-order chi connectivity index (χ0) is 18.8. The van der Waals surface area contributed by atoms with Gasteiger partial charge in [-0.1, -0.05) is 36.4 Å². The second kappa shape index (κ2) is 10.1. The lowest BCUT2D eigenvalue weighted by atomic mass is 9.99. The minimum atomic E-state index is -0.451. The van der Waals surface area contributed by atoms with Crippen molar-refractivity contribution in [3.63, 3.8) is 0 Å². The number of carbonyl (C=O) groups excluding carboxylic acids is 2. The van der Waals surface area contributed by atoms with Crippen LogP contribution in [0.5, 0.6) is 5.75 Å². The first-order valence-electron chi connectivity index (χ1n) is 8.51. The monoisotopic (exact) mass is 356 g/mol. The maximum atomic E-state index is 12.2. The van der Waals surface area contributed by atoms with Crippen molar-refractivity contribution in [3.8, 4) is 5.75 Å². The van der Waals surface area contributed by atoms with Crippen molar-refractivity contribution in [3.05, 3.63) is 60.2 Å². The summed E-state index contributed by atoms with van der Waals surface area (Å²) in [6, 6.07) is 16.3. The minimum absolute atomic E-state index is 0.184.